The summed E-state index contributed by atoms with van der Waals surface area (Å²) in [5.41, 5.74) is 6.48. The number of aromatic hydroxyl groups is 1. The summed E-state index contributed by atoms with van der Waals surface area (Å²) in [6.07, 6.45) is 12.9. The fraction of sp³-hybridized carbons (Fsp3) is 0.526. The number of nitrogens with zero attached hydrogens (tertiary/aromatic N) is 8. The summed E-state index contributed by atoms with van der Waals surface area (Å²) in [5, 5.41) is 20.0. The molecule has 9 heterocycles. The lowest BCUT2D eigenvalue weighted by Crippen LogP contribution is -2.54. The molecule has 16 heteroatoms. The van der Waals surface area contributed by atoms with Gasteiger partial charge in [-0.05, 0) is 149 Å². The van der Waals surface area contributed by atoms with Gasteiger partial charge in [-0.3, -0.25) is 39.3 Å². The molecule has 380 valence electrons. The maximum Gasteiger partial charge on any atom is 0.319 e. The van der Waals surface area contributed by atoms with E-state index in [1.54, 1.807) is 6.07 Å². The first-order valence-electron chi connectivity index (χ1n) is 27.2. The van der Waals surface area contributed by atoms with E-state index in [-0.39, 0.29) is 30.4 Å². The Balaban J connectivity index is 0.592. The molecule has 8 aliphatic rings. The number of likely N-dealkylation sites (tertiary alicyclic amines) is 2. The number of hydrogen-bond acceptors (Lipinski definition) is 14. The van der Waals surface area contributed by atoms with Gasteiger partial charge in [-0.15, -0.1) is 0 Å². The van der Waals surface area contributed by atoms with Gasteiger partial charge in [-0.2, -0.15) is 9.97 Å². The van der Waals surface area contributed by atoms with Crippen molar-refractivity contribution < 1.29 is 29.0 Å². The molecule has 6 fully saturated rings. The van der Waals surface area contributed by atoms with Gasteiger partial charge in [0, 0.05) is 81.0 Å². The second kappa shape index (κ2) is 18.9. The molecular weight excluding hydrogens is 921 g/mol. The Labute approximate surface area is 425 Å². The second-order valence-corrected chi connectivity index (χ2v) is 22.5. The molecule has 3 N–H and O–H groups in total. The zero-order valence-electron chi connectivity index (χ0n) is 41.9. The number of benzene rings is 3. The molecule has 4 amide bonds. The summed E-state index contributed by atoms with van der Waals surface area (Å²) >= 11 is 0. The van der Waals surface area contributed by atoms with Crippen molar-refractivity contribution in [2.24, 2.45) is 17.8 Å². The number of phenols is 1. The van der Waals surface area contributed by atoms with Gasteiger partial charge in [0.2, 0.25) is 11.8 Å². The number of carbonyl (C=O) groups excluding carboxylic acids is 4. The highest BCUT2D eigenvalue weighted by molar-refractivity contribution is 6.25. The van der Waals surface area contributed by atoms with Crippen LogP contribution in [0.15, 0.2) is 54.7 Å². The monoisotopic (exact) mass is 987 g/mol. The van der Waals surface area contributed by atoms with Gasteiger partial charge in [0.05, 0.1) is 33.4 Å². The molecule has 0 spiro atoms. The number of phenolic OH excluding ortho intramolecular Hbond substituents is 1. The second-order valence-electron chi connectivity index (χ2n) is 22.5. The summed E-state index contributed by atoms with van der Waals surface area (Å²) in [5.74, 6) is 1.46. The van der Waals surface area contributed by atoms with E-state index in [1.165, 1.54) is 50.5 Å². The van der Waals surface area contributed by atoms with Crippen molar-refractivity contribution in [3.8, 4) is 23.0 Å². The van der Waals surface area contributed by atoms with Crippen LogP contribution in [0.25, 0.3) is 32.9 Å². The normalized spacial score (nSPS) is 25.2. The van der Waals surface area contributed by atoms with Crippen molar-refractivity contribution in [1.82, 2.24) is 40.3 Å². The number of anilines is 2. The minimum Gasteiger partial charge on any atom is -0.508 e. The first kappa shape index (κ1) is 46.5. The molecule has 7 aliphatic heterocycles. The first-order chi connectivity index (χ1) is 35.6. The van der Waals surface area contributed by atoms with Crippen LogP contribution in [0.3, 0.4) is 0 Å². The Hall–Kier alpha value is -6.23. The van der Waals surface area contributed by atoms with E-state index < -0.39 is 23.8 Å². The van der Waals surface area contributed by atoms with Crippen LogP contribution in [0.2, 0.25) is 0 Å². The summed E-state index contributed by atoms with van der Waals surface area (Å²) in [6, 6.07) is 15.8. The Bertz CT molecular complexity index is 3020. The predicted octanol–water partition coefficient (Wildman–Crippen LogP) is 6.47. The van der Waals surface area contributed by atoms with Gasteiger partial charge in [0.1, 0.15) is 24.2 Å². The van der Waals surface area contributed by atoms with E-state index in [2.05, 4.69) is 55.4 Å². The summed E-state index contributed by atoms with van der Waals surface area (Å²) in [7, 11) is 0. The smallest absolute Gasteiger partial charge is 0.319 e. The Morgan fingerprint density at radius 2 is 1.48 bits per heavy atom. The van der Waals surface area contributed by atoms with Crippen LogP contribution in [0.4, 0.5) is 11.5 Å². The lowest BCUT2D eigenvalue weighted by molar-refractivity contribution is -0.136. The van der Waals surface area contributed by atoms with Crippen LogP contribution < -0.4 is 25.2 Å². The molecule has 73 heavy (non-hydrogen) atoms. The molecule has 16 nitrogen and oxygen atoms in total. The number of piperazine rings is 1. The fourth-order valence-electron chi connectivity index (χ4n) is 14.2. The van der Waals surface area contributed by atoms with E-state index in [0.29, 0.717) is 41.7 Å². The summed E-state index contributed by atoms with van der Waals surface area (Å²) in [6.45, 7) is 12.6. The van der Waals surface area contributed by atoms with Gasteiger partial charge >= 0.3 is 6.01 Å². The molecule has 6 saturated heterocycles. The van der Waals surface area contributed by atoms with Crippen LogP contribution in [0, 0.1) is 17.8 Å². The third-order valence-corrected chi connectivity index (χ3v) is 18.0. The van der Waals surface area contributed by atoms with Crippen LogP contribution in [0.1, 0.15) is 115 Å². The molecule has 2 aromatic heterocycles. The Kier molecular flexibility index (Phi) is 12.1. The Morgan fingerprint density at radius 3 is 2.23 bits per heavy atom. The molecule has 4 unspecified atom stereocenters. The number of piperidine rings is 4. The number of rotatable bonds is 11. The average Bonchev–Trinajstić information content (AvgIpc) is 3.88. The van der Waals surface area contributed by atoms with Crippen LogP contribution in [-0.4, -0.2) is 149 Å². The van der Waals surface area contributed by atoms with E-state index in [1.807, 2.05) is 30.5 Å². The molecule has 1 aliphatic carbocycles. The van der Waals surface area contributed by atoms with Crippen molar-refractivity contribution >= 4 is 56.8 Å². The third kappa shape index (κ3) is 8.56. The topological polar surface area (TPSA) is 177 Å². The Morgan fingerprint density at radius 1 is 0.753 bits per heavy atom. The molecule has 4 atom stereocenters. The zero-order chi connectivity index (χ0) is 49.5. The number of hydrogen-bond donors (Lipinski definition) is 3. The fourth-order valence-corrected chi connectivity index (χ4v) is 14.2. The standard InChI is InChI=1S/C57H66N10O6/c1-33-41-5-2-4-37-27-40(68)28-43(49(37)41)51-48(33)52-44(29-58-51)53(66-31-38-8-9-39(32-66)59-38)62-57(61-52)73-25-24-63-18-12-34(13-19-63)26-35-14-20-64(21-15-35)30-36-16-22-65(23-17-36)45-7-3-6-42-50(45)56(72)67(55(42)71)46-10-11-47(69)60-54(46)70/h2-7,27-29,33-36,38-39,46,59,68H,8-26,30-32H2,1H3,(H,60,69,70). The molecule has 2 bridgehead atoms. The maximum absolute atomic E-state index is 13.7. The maximum atomic E-state index is 13.7. The van der Waals surface area contributed by atoms with Gasteiger partial charge in [0.15, 0.2) is 0 Å². The lowest BCUT2D eigenvalue weighted by atomic mass is 9.79. The zero-order valence-corrected chi connectivity index (χ0v) is 41.9. The minimum atomic E-state index is -0.963. The number of pyridine rings is 1. The number of ether oxygens (including phenoxy) is 1. The summed E-state index contributed by atoms with van der Waals surface area (Å²) in [4.78, 5) is 78.0. The number of aromatic nitrogens is 3. The van der Waals surface area contributed by atoms with E-state index in [9.17, 15) is 24.3 Å². The lowest BCUT2D eigenvalue weighted by Gasteiger charge is -2.40. The number of nitrogens with one attached hydrogen (secondary N) is 2. The molecular formula is C57H66N10O6. The van der Waals surface area contributed by atoms with Gasteiger partial charge in [0.25, 0.3) is 11.8 Å². The van der Waals surface area contributed by atoms with Crippen LogP contribution in [-0.2, 0) is 9.59 Å². The number of imide groups is 2. The predicted molar refractivity (Wildman–Crippen MR) is 278 cm³/mol. The van der Waals surface area contributed by atoms with Crippen molar-refractivity contribution in [2.75, 3.05) is 81.9 Å². The number of fused-ring (bicyclic) bond motifs is 7. The molecule has 3 aromatic carbocycles. The molecule has 0 radical (unpaired) electrons. The highest BCUT2D eigenvalue weighted by atomic mass is 16.5. The quantitative estimate of drug-likeness (QED) is 0.123. The van der Waals surface area contributed by atoms with Crippen LogP contribution in [0.5, 0.6) is 11.8 Å². The van der Waals surface area contributed by atoms with Crippen molar-refractivity contribution in [1.29, 1.82) is 0 Å². The van der Waals surface area contributed by atoms with Crippen molar-refractivity contribution in [3.05, 3.63) is 77.0 Å². The van der Waals surface area contributed by atoms with Gasteiger partial charge in [-0.25, -0.2) is 0 Å². The highest BCUT2D eigenvalue weighted by Crippen LogP contribution is 2.49. The molecule has 13 rings (SSSR count). The largest absolute Gasteiger partial charge is 0.508 e. The SMILES string of the molecule is CC1c2c(ncc3c(N4CC5CCC(C4)N5)nc(OCCN4CCC(CC5CCN(CC6CCN(c7cccc8c7C(=O)N(C7CCC(=O)NC7=O)C8=O)CC6)CC5)CC4)nc23)-c2cc(O)cc3cccc1c23. The van der Waals surface area contributed by atoms with Crippen molar-refractivity contribution in [2.45, 2.75) is 102 Å². The van der Waals surface area contributed by atoms with Crippen LogP contribution >= 0.6 is 0 Å². The van der Waals surface area contributed by atoms with E-state index >= 15 is 0 Å². The average molecular weight is 987 g/mol. The van der Waals surface area contributed by atoms with Gasteiger partial charge < -0.3 is 29.9 Å². The molecule has 5 aromatic rings. The van der Waals surface area contributed by atoms with Gasteiger partial charge in [-0.1, -0.05) is 31.2 Å². The first-order valence-corrected chi connectivity index (χ1v) is 27.2. The summed E-state index contributed by atoms with van der Waals surface area (Å²) < 4.78 is 6.56. The molecule has 0 saturated carbocycles. The van der Waals surface area contributed by atoms with E-state index in [4.69, 9.17) is 19.7 Å². The van der Waals surface area contributed by atoms with E-state index in [0.717, 1.165) is 145 Å². The highest BCUT2D eigenvalue weighted by Gasteiger charge is 2.46. The number of carbonyl (C=O) groups is 4. The number of amides is 4. The third-order valence-electron chi connectivity index (χ3n) is 18.0. The minimum absolute atomic E-state index is 0.0459. The van der Waals surface area contributed by atoms with Crippen molar-refractivity contribution in [3.63, 3.8) is 0 Å².